The van der Waals surface area contributed by atoms with Crippen molar-refractivity contribution in [2.75, 3.05) is 21.3 Å². The number of amides is 2. The minimum Gasteiger partial charge on any atom is -0.467 e. The van der Waals surface area contributed by atoms with Gasteiger partial charge in [0.25, 0.3) is 0 Å². The molecule has 2 amide bonds. The summed E-state index contributed by atoms with van der Waals surface area (Å²) >= 11 is 0. The predicted molar refractivity (Wildman–Crippen MR) is 199 cm³/mol. The van der Waals surface area contributed by atoms with E-state index in [2.05, 4.69) is 59.0 Å². The van der Waals surface area contributed by atoms with Crippen molar-refractivity contribution in [2.24, 2.45) is 0 Å². The van der Waals surface area contributed by atoms with Crippen LogP contribution in [0.15, 0.2) is 48.5 Å². The van der Waals surface area contributed by atoms with Crippen LogP contribution in [0.25, 0.3) is 0 Å². The lowest BCUT2D eigenvalue weighted by Gasteiger charge is -2.29. The Balaban J connectivity index is 0.000000942. The van der Waals surface area contributed by atoms with E-state index in [1.807, 2.05) is 36.4 Å². The summed E-state index contributed by atoms with van der Waals surface area (Å²) in [5, 5.41) is 2.58. The molecule has 2 rings (SSSR count). The molecule has 0 spiro atoms. The van der Waals surface area contributed by atoms with Crippen LogP contribution in [0.5, 0.6) is 0 Å². The fraction of sp³-hybridized carbons (Fsp3) is 0.600. The summed E-state index contributed by atoms with van der Waals surface area (Å²) in [6.45, 7) is 23.5. The zero-order valence-corrected chi connectivity index (χ0v) is 32.4. The van der Waals surface area contributed by atoms with E-state index in [1.54, 1.807) is 48.6 Å². The van der Waals surface area contributed by atoms with Crippen LogP contribution >= 0.6 is 0 Å². The molecular formula is C40H64N2O8. The number of nitrogens with one attached hydrogen (secondary N) is 1. The van der Waals surface area contributed by atoms with Gasteiger partial charge in [-0.15, -0.1) is 0 Å². The molecule has 282 valence electrons. The van der Waals surface area contributed by atoms with Gasteiger partial charge in [0.15, 0.2) is 0 Å². The molecule has 2 aromatic rings. The number of nitrogens with zero attached hydrogens (tertiary/aromatic N) is 1. The van der Waals surface area contributed by atoms with E-state index in [4.69, 9.17) is 18.9 Å². The first-order valence-corrected chi connectivity index (χ1v) is 16.6. The number of hydrogen-bond acceptors (Lipinski definition) is 8. The number of ether oxygens (including phenoxy) is 4. The smallest absolute Gasteiger partial charge is 0.410 e. The van der Waals surface area contributed by atoms with Gasteiger partial charge in [0.1, 0.15) is 23.3 Å². The van der Waals surface area contributed by atoms with E-state index in [-0.39, 0.29) is 18.3 Å². The molecule has 0 aliphatic rings. The molecule has 1 N–H and O–H groups in total. The van der Waals surface area contributed by atoms with Gasteiger partial charge in [0.05, 0.1) is 14.2 Å². The van der Waals surface area contributed by atoms with Gasteiger partial charge < -0.3 is 24.3 Å². The van der Waals surface area contributed by atoms with Gasteiger partial charge in [-0.2, -0.15) is 0 Å². The standard InChI is InChI=1S/C20H31NO4.C19H29NO4.CH4/c1-19(2,3)15-11-9-14(10-12-15)13-16(17(22)24-8)21(7)18(23)25-20(4,5)6;1-18(2,3)14-10-8-13(9-11-14)12-15(16(21)23-7)20-17(22)24-19(4,5)6;/h9-12,16H,13H2,1-8H3;8-11,15H,12H2,1-7H3,(H,20,22);1H4/t16-;15-;/m00./s1. The fourth-order valence-corrected chi connectivity index (χ4v) is 4.50. The van der Waals surface area contributed by atoms with Crippen LogP contribution in [-0.4, -0.2) is 73.6 Å². The van der Waals surface area contributed by atoms with Crippen LogP contribution in [0.2, 0.25) is 0 Å². The van der Waals surface area contributed by atoms with Crippen LogP contribution in [0.1, 0.15) is 113 Å². The van der Waals surface area contributed by atoms with Gasteiger partial charge in [0.2, 0.25) is 0 Å². The maximum absolute atomic E-state index is 12.3. The van der Waals surface area contributed by atoms with Crippen molar-refractivity contribution in [1.29, 1.82) is 0 Å². The lowest BCUT2D eigenvalue weighted by Crippen LogP contribution is -2.46. The number of rotatable bonds is 8. The molecule has 0 bridgehead atoms. The summed E-state index contributed by atoms with van der Waals surface area (Å²) in [6.07, 6.45) is -0.471. The van der Waals surface area contributed by atoms with Crippen molar-refractivity contribution in [1.82, 2.24) is 10.2 Å². The summed E-state index contributed by atoms with van der Waals surface area (Å²) in [6, 6.07) is 14.6. The van der Waals surface area contributed by atoms with Crippen LogP contribution in [0, 0.1) is 0 Å². The van der Waals surface area contributed by atoms with Crippen LogP contribution < -0.4 is 5.32 Å². The quantitative estimate of drug-likeness (QED) is 0.216. The SMILES string of the molecule is C.COC(=O)[C@H](Cc1ccc(C(C)(C)C)cc1)N(C)C(=O)OC(C)(C)C.COC(=O)[C@H](Cc1ccc(C(C)(C)C)cc1)NC(=O)OC(C)(C)C. The number of benzene rings is 2. The molecule has 0 aliphatic heterocycles. The summed E-state index contributed by atoms with van der Waals surface area (Å²) in [4.78, 5) is 49.7. The van der Waals surface area contributed by atoms with Crippen molar-refractivity contribution in [3.05, 3.63) is 70.8 Å². The zero-order valence-electron chi connectivity index (χ0n) is 32.4. The highest BCUT2D eigenvalue weighted by Crippen LogP contribution is 2.24. The minimum absolute atomic E-state index is 0. The second-order valence-corrected chi connectivity index (χ2v) is 16.2. The van der Waals surface area contributed by atoms with E-state index in [0.29, 0.717) is 12.8 Å². The lowest BCUT2D eigenvalue weighted by molar-refractivity contribution is -0.146. The van der Waals surface area contributed by atoms with Crippen molar-refractivity contribution in [3.63, 3.8) is 0 Å². The molecule has 0 saturated heterocycles. The van der Waals surface area contributed by atoms with E-state index in [0.717, 1.165) is 11.1 Å². The molecule has 0 unspecified atom stereocenters. The second-order valence-electron chi connectivity index (χ2n) is 16.2. The minimum atomic E-state index is -0.787. The maximum Gasteiger partial charge on any atom is 0.410 e. The number of carbonyl (C=O) groups excluding carboxylic acids is 4. The molecule has 0 fully saturated rings. The molecular weight excluding hydrogens is 636 g/mol. The summed E-state index contributed by atoms with van der Waals surface area (Å²) in [7, 11) is 4.18. The third-order valence-corrected chi connectivity index (χ3v) is 7.31. The summed E-state index contributed by atoms with van der Waals surface area (Å²) in [5.41, 5.74) is 3.20. The molecule has 2 atom stereocenters. The van der Waals surface area contributed by atoms with Gasteiger partial charge in [-0.3, -0.25) is 4.90 Å². The molecule has 0 heterocycles. The Morgan fingerprint density at radius 2 is 1.00 bits per heavy atom. The molecule has 0 radical (unpaired) electrons. The van der Waals surface area contributed by atoms with E-state index in [1.165, 1.54) is 30.2 Å². The highest BCUT2D eigenvalue weighted by Gasteiger charge is 2.31. The van der Waals surface area contributed by atoms with Crippen molar-refractivity contribution >= 4 is 24.1 Å². The second kappa shape index (κ2) is 18.8. The normalized spacial score (nSPS) is 12.9. The Kier molecular flexibility index (Phi) is 17.3. The van der Waals surface area contributed by atoms with E-state index in [9.17, 15) is 19.2 Å². The number of methoxy groups -OCH3 is 2. The number of carbonyl (C=O) groups is 4. The van der Waals surface area contributed by atoms with Gasteiger partial charge in [-0.05, 0) is 74.6 Å². The third-order valence-electron chi connectivity index (χ3n) is 7.31. The molecule has 10 nitrogen and oxygen atoms in total. The number of alkyl carbamates (subject to hydrolysis) is 1. The first kappa shape index (κ1) is 45.9. The number of esters is 2. The van der Waals surface area contributed by atoms with Crippen LogP contribution in [0.4, 0.5) is 9.59 Å². The molecule has 0 aromatic heterocycles. The summed E-state index contributed by atoms with van der Waals surface area (Å²) in [5.74, 6) is -0.964. The highest BCUT2D eigenvalue weighted by atomic mass is 16.6. The Morgan fingerprint density at radius 1 is 0.620 bits per heavy atom. The molecule has 50 heavy (non-hydrogen) atoms. The molecule has 0 saturated carbocycles. The zero-order chi connectivity index (χ0) is 38.0. The summed E-state index contributed by atoms with van der Waals surface area (Å²) < 4.78 is 20.2. The monoisotopic (exact) mass is 700 g/mol. The Hall–Kier alpha value is -4.08. The first-order chi connectivity index (χ1) is 22.3. The Morgan fingerprint density at radius 3 is 1.34 bits per heavy atom. The number of likely N-dealkylation sites (N-methyl/N-ethyl adjacent to an activating group) is 1. The van der Waals surface area contributed by atoms with Crippen molar-refractivity contribution in [2.45, 2.75) is 137 Å². The largest absolute Gasteiger partial charge is 0.467 e. The Labute approximate surface area is 301 Å². The van der Waals surface area contributed by atoms with Crippen molar-refractivity contribution < 1.29 is 38.1 Å². The van der Waals surface area contributed by atoms with Crippen molar-refractivity contribution in [3.8, 4) is 0 Å². The Bertz CT molecular complexity index is 1370. The molecule has 2 aromatic carbocycles. The van der Waals surface area contributed by atoms with E-state index >= 15 is 0 Å². The molecule has 10 heteroatoms. The average molecular weight is 701 g/mol. The van der Waals surface area contributed by atoms with Gasteiger partial charge >= 0.3 is 24.1 Å². The molecule has 0 aliphatic carbocycles. The highest BCUT2D eigenvalue weighted by molar-refractivity contribution is 5.82. The lowest BCUT2D eigenvalue weighted by atomic mass is 9.86. The van der Waals surface area contributed by atoms with Gasteiger partial charge in [0, 0.05) is 19.9 Å². The topological polar surface area (TPSA) is 120 Å². The maximum atomic E-state index is 12.3. The van der Waals surface area contributed by atoms with Crippen LogP contribution in [0.3, 0.4) is 0 Å². The number of hydrogen-bond donors (Lipinski definition) is 1. The van der Waals surface area contributed by atoms with Gasteiger partial charge in [-0.1, -0.05) is 97.5 Å². The van der Waals surface area contributed by atoms with E-state index < -0.39 is 47.4 Å². The first-order valence-electron chi connectivity index (χ1n) is 16.6. The predicted octanol–water partition coefficient (Wildman–Crippen LogP) is 8.16. The fourth-order valence-electron chi connectivity index (χ4n) is 4.50. The van der Waals surface area contributed by atoms with Gasteiger partial charge in [-0.25, -0.2) is 19.2 Å². The van der Waals surface area contributed by atoms with Crippen LogP contribution in [-0.2, 0) is 52.2 Å². The third kappa shape index (κ3) is 16.5. The average Bonchev–Trinajstić information content (AvgIpc) is 2.96.